The summed E-state index contributed by atoms with van der Waals surface area (Å²) in [5.74, 6) is 0. The van der Waals surface area contributed by atoms with E-state index in [0.29, 0.717) is 12.2 Å². The number of aromatic nitrogens is 1. The molecule has 1 aliphatic rings. The molecule has 0 spiro atoms. The van der Waals surface area contributed by atoms with Crippen molar-refractivity contribution in [2.75, 3.05) is 25.1 Å². The van der Waals surface area contributed by atoms with E-state index >= 15 is 0 Å². The summed E-state index contributed by atoms with van der Waals surface area (Å²) in [5, 5.41) is 14.0. The van der Waals surface area contributed by atoms with Gasteiger partial charge in [-0.1, -0.05) is 6.92 Å². The van der Waals surface area contributed by atoms with E-state index in [1.807, 2.05) is 0 Å². The number of hydrogen-bond acceptors (Lipinski definition) is 5. The molecule has 0 saturated carbocycles. The fraction of sp³-hybridized carbons (Fsp3) is 0.583. The maximum atomic E-state index is 10.9. The fourth-order valence-corrected chi connectivity index (χ4v) is 2.03. The minimum Gasteiger partial charge on any atom is -0.381 e. The zero-order valence-corrected chi connectivity index (χ0v) is 10.4. The monoisotopic (exact) mass is 251 g/mol. The molecule has 0 unspecified atom stereocenters. The number of pyridine rings is 1. The topological polar surface area (TPSA) is 77.3 Å². The molecule has 1 aromatic rings. The van der Waals surface area contributed by atoms with Crippen LogP contribution in [-0.4, -0.2) is 29.7 Å². The number of anilines is 1. The average Bonchev–Trinajstić information content (AvgIpc) is 2.38. The summed E-state index contributed by atoms with van der Waals surface area (Å²) in [7, 11) is 0. The van der Waals surface area contributed by atoms with Crippen LogP contribution in [0.5, 0.6) is 0 Å². The largest absolute Gasteiger partial charge is 0.381 e. The molecule has 98 valence electrons. The Morgan fingerprint density at radius 1 is 1.56 bits per heavy atom. The van der Waals surface area contributed by atoms with Gasteiger partial charge in [-0.25, -0.2) is 0 Å². The Morgan fingerprint density at radius 3 is 2.94 bits per heavy atom. The quantitative estimate of drug-likeness (QED) is 0.655. The van der Waals surface area contributed by atoms with Crippen molar-refractivity contribution in [2.24, 2.45) is 5.41 Å². The highest BCUT2D eigenvalue weighted by Crippen LogP contribution is 2.31. The fourth-order valence-electron chi connectivity index (χ4n) is 2.03. The molecule has 6 nitrogen and oxygen atoms in total. The Hall–Kier alpha value is -1.69. The summed E-state index contributed by atoms with van der Waals surface area (Å²) in [4.78, 5) is 14.2. The van der Waals surface area contributed by atoms with Crippen LogP contribution in [0.15, 0.2) is 18.5 Å². The number of rotatable bonds is 4. The molecule has 6 heteroatoms. The summed E-state index contributed by atoms with van der Waals surface area (Å²) >= 11 is 0. The third-order valence-electron chi connectivity index (χ3n) is 3.40. The van der Waals surface area contributed by atoms with Crippen LogP contribution in [0.3, 0.4) is 0 Å². The van der Waals surface area contributed by atoms with Gasteiger partial charge in [-0.3, -0.25) is 15.1 Å². The van der Waals surface area contributed by atoms with Crippen LogP contribution < -0.4 is 5.32 Å². The van der Waals surface area contributed by atoms with Gasteiger partial charge in [-0.05, 0) is 24.3 Å². The van der Waals surface area contributed by atoms with Gasteiger partial charge in [0, 0.05) is 26.0 Å². The second-order valence-corrected chi connectivity index (χ2v) is 4.93. The highest BCUT2D eigenvalue weighted by molar-refractivity contribution is 5.59. The van der Waals surface area contributed by atoms with Crippen LogP contribution in [0.2, 0.25) is 0 Å². The van der Waals surface area contributed by atoms with E-state index in [1.165, 1.54) is 6.20 Å². The zero-order valence-electron chi connectivity index (χ0n) is 10.4. The van der Waals surface area contributed by atoms with Crippen molar-refractivity contribution in [3.8, 4) is 0 Å². The maximum Gasteiger partial charge on any atom is 0.310 e. The predicted molar refractivity (Wildman–Crippen MR) is 67.5 cm³/mol. The van der Waals surface area contributed by atoms with E-state index < -0.39 is 4.92 Å². The Balaban J connectivity index is 2.03. The predicted octanol–water partition coefficient (Wildman–Crippen LogP) is 2.22. The van der Waals surface area contributed by atoms with Gasteiger partial charge in [0.15, 0.2) is 0 Å². The van der Waals surface area contributed by atoms with Crippen molar-refractivity contribution >= 4 is 11.4 Å². The van der Waals surface area contributed by atoms with Crippen LogP contribution in [-0.2, 0) is 4.74 Å². The Kier molecular flexibility index (Phi) is 3.76. The highest BCUT2D eigenvalue weighted by Gasteiger charge is 2.27. The molecule has 2 heterocycles. The normalized spacial score (nSPS) is 18.3. The summed E-state index contributed by atoms with van der Waals surface area (Å²) in [5.41, 5.74) is 0.686. The summed E-state index contributed by atoms with van der Waals surface area (Å²) < 4.78 is 5.33. The number of hydrogen-bond donors (Lipinski definition) is 1. The van der Waals surface area contributed by atoms with Gasteiger partial charge in [-0.15, -0.1) is 0 Å². The van der Waals surface area contributed by atoms with E-state index in [-0.39, 0.29) is 11.1 Å². The third-order valence-corrected chi connectivity index (χ3v) is 3.40. The lowest BCUT2D eigenvalue weighted by atomic mass is 9.82. The first-order valence-electron chi connectivity index (χ1n) is 6.01. The smallest absolute Gasteiger partial charge is 0.310 e. The van der Waals surface area contributed by atoms with Crippen molar-refractivity contribution in [1.29, 1.82) is 0 Å². The standard InChI is InChI=1S/C12H17N3O3/c1-12(3-6-18-7-4-12)9-14-10-2-5-13-8-11(10)15(16)17/h2,5,8H,3-4,6-7,9H2,1H3,(H,13,14). The molecule has 2 rings (SSSR count). The van der Waals surface area contributed by atoms with Crippen molar-refractivity contribution in [3.05, 3.63) is 28.6 Å². The van der Waals surface area contributed by atoms with E-state index in [0.717, 1.165) is 26.1 Å². The lowest BCUT2D eigenvalue weighted by Crippen LogP contribution is -2.33. The molecular weight excluding hydrogens is 234 g/mol. The first kappa shape index (κ1) is 12.8. The molecule has 1 fully saturated rings. The highest BCUT2D eigenvalue weighted by atomic mass is 16.6. The first-order chi connectivity index (χ1) is 8.61. The third kappa shape index (κ3) is 2.95. The summed E-state index contributed by atoms with van der Waals surface area (Å²) in [6, 6.07) is 1.64. The van der Waals surface area contributed by atoms with Gasteiger partial charge in [0.25, 0.3) is 0 Å². The van der Waals surface area contributed by atoms with Crippen LogP contribution in [0.4, 0.5) is 11.4 Å². The van der Waals surface area contributed by atoms with Crippen molar-refractivity contribution in [1.82, 2.24) is 4.98 Å². The molecule has 1 N–H and O–H groups in total. The SMILES string of the molecule is CC1(CNc2ccncc2[N+](=O)[O-])CCOCC1. The zero-order chi connectivity index (χ0) is 13.0. The summed E-state index contributed by atoms with van der Waals surface area (Å²) in [6.07, 6.45) is 4.77. The maximum absolute atomic E-state index is 10.9. The van der Waals surface area contributed by atoms with Crippen LogP contribution in [0, 0.1) is 15.5 Å². The number of nitro groups is 1. The van der Waals surface area contributed by atoms with E-state index in [2.05, 4.69) is 17.2 Å². The Bertz CT molecular complexity index is 430. The van der Waals surface area contributed by atoms with Crippen molar-refractivity contribution < 1.29 is 9.66 Å². The number of nitrogens with zero attached hydrogens (tertiary/aromatic N) is 2. The van der Waals surface area contributed by atoms with E-state index in [4.69, 9.17) is 4.74 Å². The molecule has 1 aromatic heterocycles. The first-order valence-corrected chi connectivity index (χ1v) is 6.01. The van der Waals surface area contributed by atoms with E-state index in [9.17, 15) is 10.1 Å². The van der Waals surface area contributed by atoms with Gasteiger partial charge in [0.1, 0.15) is 11.9 Å². The van der Waals surface area contributed by atoms with Gasteiger partial charge in [-0.2, -0.15) is 0 Å². The minimum absolute atomic E-state index is 0.0214. The average molecular weight is 251 g/mol. The van der Waals surface area contributed by atoms with Crippen molar-refractivity contribution in [2.45, 2.75) is 19.8 Å². The lowest BCUT2D eigenvalue weighted by molar-refractivity contribution is -0.384. The van der Waals surface area contributed by atoms with Gasteiger partial charge >= 0.3 is 5.69 Å². The van der Waals surface area contributed by atoms with Crippen LogP contribution in [0.25, 0.3) is 0 Å². The molecule has 0 aromatic carbocycles. The lowest BCUT2D eigenvalue weighted by Gasteiger charge is -2.33. The van der Waals surface area contributed by atoms with E-state index in [1.54, 1.807) is 12.3 Å². The van der Waals surface area contributed by atoms with Crippen LogP contribution >= 0.6 is 0 Å². The molecule has 1 aliphatic heterocycles. The summed E-state index contributed by atoms with van der Waals surface area (Å²) in [6.45, 7) is 4.41. The number of nitrogens with one attached hydrogen (secondary N) is 1. The molecule has 18 heavy (non-hydrogen) atoms. The molecule has 0 radical (unpaired) electrons. The number of ether oxygens (including phenoxy) is 1. The van der Waals surface area contributed by atoms with Gasteiger partial charge < -0.3 is 10.1 Å². The second kappa shape index (κ2) is 5.30. The van der Waals surface area contributed by atoms with Crippen molar-refractivity contribution in [3.63, 3.8) is 0 Å². The Labute approximate surface area is 106 Å². The second-order valence-electron chi connectivity index (χ2n) is 4.93. The van der Waals surface area contributed by atoms with Gasteiger partial charge in [0.2, 0.25) is 0 Å². The molecule has 0 amide bonds. The molecular formula is C12H17N3O3. The molecule has 0 aliphatic carbocycles. The Morgan fingerprint density at radius 2 is 2.28 bits per heavy atom. The molecule has 0 bridgehead atoms. The molecule has 0 atom stereocenters. The van der Waals surface area contributed by atoms with Gasteiger partial charge in [0.05, 0.1) is 4.92 Å². The van der Waals surface area contributed by atoms with Crippen LogP contribution in [0.1, 0.15) is 19.8 Å². The minimum atomic E-state index is -0.415. The molecule has 1 saturated heterocycles.